The highest BCUT2D eigenvalue weighted by Gasteiger charge is 2.68. The Hall–Kier alpha value is -1.95. The second-order valence-corrected chi connectivity index (χ2v) is 13.7. The minimum atomic E-state index is -0.463. The third-order valence-electron chi connectivity index (χ3n) is 11.5. The van der Waals surface area contributed by atoms with Crippen molar-refractivity contribution < 1.29 is 9.59 Å². The molecule has 5 rings (SSSR count). The van der Waals surface area contributed by atoms with Gasteiger partial charge in [-0.2, -0.15) is 5.26 Å². The van der Waals surface area contributed by atoms with Gasteiger partial charge >= 0.3 is 0 Å². The molecule has 33 heavy (non-hydrogen) atoms. The van der Waals surface area contributed by atoms with E-state index in [1.54, 1.807) is 6.08 Å². The number of rotatable bonds is 0. The van der Waals surface area contributed by atoms with E-state index in [0.717, 1.165) is 38.5 Å². The summed E-state index contributed by atoms with van der Waals surface area (Å²) in [6.07, 6.45) is 14.0. The molecule has 0 spiro atoms. The monoisotopic (exact) mass is 445 g/mol. The van der Waals surface area contributed by atoms with E-state index in [2.05, 4.69) is 59.8 Å². The van der Waals surface area contributed by atoms with Gasteiger partial charge in [-0.1, -0.05) is 53.7 Å². The van der Waals surface area contributed by atoms with Crippen LogP contribution in [0, 0.1) is 55.7 Å². The maximum atomic E-state index is 14.1. The molecule has 176 valence electrons. The van der Waals surface area contributed by atoms with Crippen LogP contribution in [0.15, 0.2) is 35.5 Å². The molecule has 5 aliphatic carbocycles. The largest absolute Gasteiger partial charge is 0.294 e. The third kappa shape index (κ3) is 2.62. The Kier molecular flexibility index (Phi) is 4.41. The number of carbonyl (C=O) groups is 2. The predicted octanol–water partition coefficient (Wildman–Crippen LogP) is 6.76. The number of nitrogens with zero attached hydrogens (tertiary/aromatic N) is 1. The topological polar surface area (TPSA) is 57.9 Å². The summed E-state index contributed by atoms with van der Waals surface area (Å²) in [5, 5.41) is 9.89. The lowest BCUT2D eigenvalue weighted by molar-refractivity contribution is -0.164. The van der Waals surface area contributed by atoms with Crippen molar-refractivity contribution in [1.82, 2.24) is 0 Å². The summed E-state index contributed by atoms with van der Waals surface area (Å²) in [4.78, 5) is 26.9. The Bertz CT molecular complexity index is 1100. The lowest BCUT2D eigenvalue weighted by atomic mass is 9.35. The van der Waals surface area contributed by atoms with Gasteiger partial charge < -0.3 is 0 Å². The molecule has 2 saturated carbocycles. The molecule has 7 atom stereocenters. The molecule has 0 heterocycles. The van der Waals surface area contributed by atoms with Crippen LogP contribution in [0.5, 0.6) is 0 Å². The molecule has 0 aromatic rings. The standard InChI is InChI=1S/C30H39NO2/c1-25(2)22-8-11-30(7)24(28(22,5)10-9-23(25)33)21(32)16-19-20-17-26(3,18-31)12-13-27(20,4)14-15-29(19,30)6/h9-10,16-17,22,24H,8,11-15H2,1-7H3/t22-,24+,26-,27+,28-,29+,30+/m0/s1. The van der Waals surface area contributed by atoms with Crippen molar-refractivity contribution in [2.75, 3.05) is 0 Å². The van der Waals surface area contributed by atoms with Crippen molar-refractivity contribution in [1.29, 1.82) is 5.26 Å². The molecule has 0 unspecified atom stereocenters. The Labute approximate surface area is 199 Å². The van der Waals surface area contributed by atoms with Crippen LogP contribution in [0.25, 0.3) is 0 Å². The first-order chi connectivity index (χ1) is 15.2. The molecule has 0 saturated heterocycles. The molecule has 0 aliphatic heterocycles. The number of allylic oxidation sites excluding steroid dienone is 6. The zero-order valence-corrected chi connectivity index (χ0v) is 21.5. The Morgan fingerprint density at radius 1 is 0.909 bits per heavy atom. The van der Waals surface area contributed by atoms with E-state index < -0.39 is 10.8 Å². The second kappa shape index (κ2) is 6.38. The first-order valence-electron chi connectivity index (χ1n) is 12.8. The first kappa shape index (κ1) is 22.8. The SMILES string of the molecule is CC1(C)C(=O)C=C[C@]2(C)[C@H]3C(=O)C=C4C5=C[C@@](C)(C#N)CC[C@]5(C)CC[C@@]4(C)[C@]3(C)CC[C@@H]12. The fraction of sp³-hybridized carbons (Fsp3) is 0.700. The van der Waals surface area contributed by atoms with Gasteiger partial charge in [0.05, 0.1) is 11.5 Å². The highest BCUT2D eigenvalue weighted by molar-refractivity contribution is 5.99. The van der Waals surface area contributed by atoms with Crippen LogP contribution in [0.3, 0.4) is 0 Å². The molecule has 0 radical (unpaired) electrons. The number of fused-ring (bicyclic) bond motifs is 7. The number of nitriles is 1. The molecular weight excluding hydrogens is 406 g/mol. The third-order valence-corrected chi connectivity index (χ3v) is 11.5. The predicted molar refractivity (Wildman–Crippen MR) is 130 cm³/mol. The zero-order valence-electron chi connectivity index (χ0n) is 21.5. The van der Waals surface area contributed by atoms with Crippen molar-refractivity contribution in [3.8, 4) is 6.07 Å². The molecule has 0 amide bonds. The summed E-state index contributed by atoms with van der Waals surface area (Å²) in [5.41, 5.74) is 0.998. The molecule has 5 aliphatic rings. The van der Waals surface area contributed by atoms with Crippen LogP contribution < -0.4 is 0 Å². The van der Waals surface area contributed by atoms with E-state index >= 15 is 0 Å². The first-order valence-corrected chi connectivity index (χ1v) is 12.8. The zero-order chi connectivity index (χ0) is 24.2. The van der Waals surface area contributed by atoms with E-state index in [-0.39, 0.29) is 45.1 Å². The molecule has 0 bridgehead atoms. The highest BCUT2D eigenvalue weighted by Crippen LogP contribution is 2.73. The summed E-state index contributed by atoms with van der Waals surface area (Å²) in [6.45, 7) is 15.5. The van der Waals surface area contributed by atoms with Gasteiger partial charge in [0.2, 0.25) is 0 Å². The number of hydrogen-bond donors (Lipinski definition) is 0. The Morgan fingerprint density at radius 2 is 1.58 bits per heavy atom. The summed E-state index contributed by atoms with van der Waals surface area (Å²) < 4.78 is 0. The van der Waals surface area contributed by atoms with E-state index in [4.69, 9.17) is 0 Å². The van der Waals surface area contributed by atoms with Crippen LogP contribution in [-0.4, -0.2) is 11.6 Å². The van der Waals surface area contributed by atoms with E-state index in [1.165, 1.54) is 11.1 Å². The van der Waals surface area contributed by atoms with Gasteiger partial charge in [0.15, 0.2) is 11.6 Å². The molecule has 2 fully saturated rings. The maximum Gasteiger partial charge on any atom is 0.161 e. The average Bonchev–Trinajstić information content (AvgIpc) is 2.74. The maximum absolute atomic E-state index is 14.1. The van der Waals surface area contributed by atoms with Crippen molar-refractivity contribution >= 4 is 11.6 Å². The fourth-order valence-electron chi connectivity index (χ4n) is 8.99. The van der Waals surface area contributed by atoms with Gasteiger partial charge in [-0.3, -0.25) is 9.59 Å². The van der Waals surface area contributed by atoms with Gasteiger partial charge in [-0.25, -0.2) is 0 Å². The molecule has 3 heteroatoms. The quantitative estimate of drug-likeness (QED) is 0.414. The van der Waals surface area contributed by atoms with Crippen molar-refractivity contribution in [2.24, 2.45) is 44.3 Å². The van der Waals surface area contributed by atoms with E-state index in [0.29, 0.717) is 0 Å². The van der Waals surface area contributed by atoms with Gasteiger partial charge in [0, 0.05) is 16.7 Å². The fourth-order valence-corrected chi connectivity index (χ4v) is 8.99. The highest BCUT2D eigenvalue weighted by atomic mass is 16.1. The van der Waals surface area contributed by atoms with Gasteiger partial charge in [0.1, 0.15) is 0 Å². The molecule has 0 aromatic heterocycles. The van der Waals surface area contributed by atoms with E-state index in [9.17, 15) is 14.9 Å². The van der Waals surface area contributed by atoms with Gasteiger partial charge in [0.25, 0.3) is 0 Å². The number of ketones is 2. The summed E-state index contributed by atoms with van der Waals surface area (Å²) in [5.74, 6) is 0.460. The van der Waals surface area contributed by atoms with Gasteiger partial charge in [-0.15, -0.1) is 0 Å². The summed E-state index contributed by atoms with van der Waals surface area (Å²) in [7, 11) is 0. The van der Waals surface area contributed by atoms with Crippen LogP contribution in [0.4, 0.5) is 0 Å². The Morgan fingerprint density at radius 3 is 2.24 bits per heavy atom. The van der Waals surface area contributed by atoms with Crippen molar-refractivity contribution in [3.63, 3.8) is 0 Å². The van der Waals surface area contributed by atoms with Crippen LogP contribution in [0.1, 0.15) is 87.0 Å². The number of carbonyl (C=O) groups excluding carboxylic acids is 2. The summed E-state index contributed by atoms with van der Waals surface area (Å²) >= 11 is 0. The smallest absolute Gasteiger partial charge is 0.161 e. The molecule has 3 nitrogen and oxygen atoms in total. The molecule has 0 N–H and O–H groups in total. The van der Waals surface area contributed by atoms with Gasteiger partial charge in [-0.05, 0) is 90.9 Å². The van der Waals surface area contributed by atoms with E-state index in [1.807, 2.05) is 13.0 Å². The average molecular weight is 446 g/mol. The van der Waals surface area contributed by atoms with Crippen LogP contribution >= 0.6 is 0 Å². The second-order valence-electron chi connectivity index (χ2n) is 13.7. The minimum absolute atomic E-state index is 0.0471. The van der Waals surface area contributed by atoms with Crippen molar-refractivity contribution in [3.05, 3.63) is 35.5 Å². The Balaban J connectivity index is 1.71. The number of hydrogen-bond acceptors (Lipinski definition) is 3. The van der Waals surface area contributed by atoms with Crippen LogP contribution in [-0.2, 0) is 9.59 Å². The summed E-state index contributed by atoms with van der Waals surface area (Å²) in [6, 6.07) is 2.54. The molecule has 0 aromatic carbocycles. The molecular formula is C30H39NO2. The minimum Gasteiger partial charge on any atom is -0.294 e. The lowest BCUT2D eigenvalue weighted by Crippen LogP contribution is -2.64. The lowest BCUT2D eigenvalue weighted by Gasteiger charge is -2.67. The normalized spacial score (nSPS) is 50.1. The van der Waals surface area contributed by atoms with Crippen LogP contribution in [0.2, 0.25) is 0 Å². The van der Waals surface area contributed by atoms with Crippen molar-refractivity contribution in [2.45, 2.75) is 87.0 Å².